The van der Waals surface area contributed by atoms with E-state index in [1.165, 1.54) is 89.9 Å². The Hall–Kier alpha value is -2.96. The maximum absolute atomic E-state index is 13.2. The predicted octanol–water partition coefficient (Wildman–Crippen LogP) is 14.8. The molecule has 6 heteroatoms. The molecule has 1 amide bonds. The molecule has 0 saturated heterocycles. The lowest BCUT2D eigenvalue weighted by atomic mass is 10.0. The molecule has 0 aromatic rings. The number of carbonyl (C=O) groups is 2. The number of nitrogens with one attached hydrogen (secondary N) is 1. The minimum atomic E-state index is -0.800. The SMILES string of the molecule is CC/C=C/C=C/C=C\C=C/C=C/CCCCCC(=O)OC(CCCCCCCCC/C=C\C/C=C\CCCCC)CC(=O)NC(CO)C(O)CCCCCCCCCCC. The van der Waals surface area contributed by atoms with Crippen LogP contribution < -0.4 is 5.32 Å². The van der Waals surface area contributed by atoms with Gasteiger partial charge in [-0.1, -0.05) is 215 Å². The minimum Gasteiger partial charge on any atom is -0.462 e. The highest BCUT2D eigenvalue weighted by Crippen LogP contribution is 2.17. The van der Waals surface area contributed by atoms with Crippen molar-refractivity contribution in [2.24, 2.45) is 0 Å². The molecule has 60 heavy (non-hydrogen) atoms. The van der Waals surface area contributed by atoms with E-state index in [0.29, 0.717) is 19.3 Å². The summed E-state index contributed by atoms with van der Waals surface area (Å²) in [6.45, 7) is 6.28. The quantitative estimate of drug-likeness (QED) is 0.0246. The Balaban J connectivity index is 4.70. The zero-order valence-electron chi connectivity index (χ0n) is 39.1. The summed E-state index contributed by atoms with van der Waals surface area (Å²) in [7, 11) is 0. The Morgan fingerprint density at radius 3 is 1.53 bits per heavy atom. The number of hydrogen-bond acceptors (Lipinski definition) is 5. The topological polar surface area (TPSA) is 95.9 Å². The fourth-order valence-corrected chi connectivity index (χ4v) is 7.07. The maximum Gasteiger partial charge on any atom is 0.306 e. The lowest BCUT2D eigenvalue weighted by molar-refractivity contribution is -0.151. The summed E-state index contributed by atoms with van der Waals surface area (Å²) in [6, 6.07) is -0.716. The van der Waals surface area contributed by atoms with Gasteiger partial charge in [-0.2, -0.15) is 0 Å². The number of rotatable bonds is 43. The fraction of sp³-hybridized carbons (Fsp3) is 0.704. The van der Waals surface area contributed by atoms with Gasteiger partial charge < -0.3 is 20.3 Å². The molecule has 0 rings (SSSR count). The van der Waals surface area contributed by atoms with E-state index in [-0.39, 0.29) is 24.9 Å². The number of hydrogen-bond donors (Lipinski definition) is 3. The molecule has 3 N–H and O–H groups in total. The predicted molar refractivity (Wildman–Crippen MR) is 259 cm³/mol. The first-order chi connectivity index (χ1) is 29.5. The molecule has 0 radical (unpaired) electrons. The number of aliphatic hydroxyl groups excluding tert-OH is 2. The molecule has 3 unspecified atom stereocenters. The maximum atomic E-state index is 13.2. The van der Waals surface area contributed by atoms with Crippen molar-refractivity contribution in [3.8, 4) is 0 Å². The summed E-state index contributed by atoms with van der Waals surface area (Å²) in [6.07, 6.45) is 60.7. The summed E-state index contributed by atoms with van der Waals surface area (Å²) < 4.78 is 5.90. The molecular formula is C54H93NO5. The van der Waals surface area contributed by atoms with Gasteiger partial charge in [-0.05, 0) is 77.0 Å². The molecule has 0 heterocycles. The van der Waals surface area contributed by atoms with Gasteiger partial charge in [0.05, 0.1) is 25.2 Å². The second-order valence-electron chi connectivity index (χ2n) is 16.6. The van der Waals surface area contributed by atoms with Crippen molar-refractivity contribution in [1.82, 2.24) is 5.32 Å². The van der Waals surface area contributed by atoms with Crippen LogP contribution in [0.4, 0.5) is 0 Å². The van der Waals surface area contributed by atoms with Gasteiger partial charge in [-0.15, -0.1) is 0 Å². The third-order valence-electron chi connectivity index (χ3n) is 10.8. The van der Waals surface area contributed by atoms with Crippen LogP contribution in [-0.4, -0.2) is 46.9 Å². The molecule has 3 atom stereocenters. The zero-order valence-corrected chi connectivity index (χ0v) is 39.1. The molecule has 0 aliphatic rings. The summed E-state index contributed by atoms with van der Waals surface area (Å²) in [4.78, 5) is 26.1. The lowest BCUT2D eigenvalue weighted by Gasteiger charge is -2.24. The van der Waals surface area contributed by atoms with E-state index in [0.717, 1.165) is 83.5 Å². The van der Waals surface area contributed by atoms with Gasteiger partial charge in [0.1, 0.15) is 6.10 Å². The third kappa shape index (κ3) is 41.8. The lowest BCUT2D eigenvalue weighted by Crippen LogP contribution is -2.46. The first-order valence-corrected chi connectivity index (χ1v) is 24.9. The summed E-state index contributed by atoms with van der Waals surface area (Å²) in [5, 5.41) is 23.7. The van der Waals surface area contributed by atoms with Crippen LogP contribution in [0.15, 0.2) is 85.1 Å². The van der Waals surface area contributed by atoms with Crippen molar-refractivity contribution in [2.45, 2.75) is 238 Å². The van der Waals surface area contributed by atoms with Crippen molar-refractivity contribution < 1.29 is 24.5 Å². The molecule has 0 fully saturated rings. The second-order valence-corrected chi connectivity index (χ2v) is 16.6. The summed E-state index contributed by atoms with van der Waals surface area (Å²) in [5.74, 6) is -0.537. The van der Waals surface area contributed by atoms with Crippen molar-refractivity contribution in [1.29, 1.82) is 0 Å². The van der Waals surface area contributed by atoms with Crippen LogP contribution in [0.25, 0.3) is 0 Å². The molecule has 0 aromatic heterocycles. The van der Waals surface area contributed by atoms with Gasteiger partial charge in [0.2, 0.25) is 5.91 Å². The average molecular weight is 836 g/mol. The Bertz CT molecular complexity index is 1160. The highest BCUT2D eigenvalue weighted by Gasteiger charge is 2.24. The van der Waals surface area contributed by atoms with Gasteiger partial charge in [-0.25, -0.2) is 0 Å². The van der Waals surface area contributed by atoms with Gasteiger partial charge in [0.25, 0.3) is 0 Å². The average Bonchev–Trinajstić information content (AvgIpc) is 3.24. The zero-order chi connectivity index (χ0) is 43.8. The van der Waals surface area contributed by atoms with Crippen LogP contribution in [-0.2, 0) is 14.3 Å². The fourth-order valence-electron chi connectivity index (χ4n) is 7.07. The number of ether oxygens (including phenoxy) is 1. The van der Waals surface area contributed by atoms with E-state index in [1.54, 1.807) is 0 Å². The van der Waals surface area contributed by atoms with Crippen LogP contribution in [0, 0.1) is 0 Å². The Morgan fingerprint density at radius 2 is 0.967 bits per heavy atom. The molecular weight excluding hydrogens is 743 g/mol. The Kier molecular flexibility index (Phi) is 44.8. The largest absolute Gasteiger partial charge is 0.462 e. The number of carbonyl (C=O) groups excluding carboxylic acids is 2. The highest BCUT2D eigenvalue weighted by atomic mass is 16.5. The van der Waals surface area contributed by atoms with E-state index in [2.05, 4.69) is 68.6 Å². The van der Waals surface area contributed by atoms with Gasteiger partial charge in [-0.3, -0.25) is 9.59 Å². The molecule has 344 valence electrons. The first kappa shape index (κ1) is 57.0. The third-order valence-corrected chi connectivity index (χ3v) is 10.8. The van der Waals surface area contributed by atoms with Crippen molar-refractivity contribution in [2.75, 3.05) is 6.61 Å². The van der Waals surface area contributed by atoms with E-state index < -0.39 is 18.2 Å². The normalized spacial score (nSPS) is 14.0. The number of unbranched alkanes of at least 4 members (excludes halogenated alkanes) is 21. The Morgan fingerprint density at radius 1 is 0.517 bits per heavy atom. The monoisotopic (exact) mass is 836 g/mol. The first-order valence-electron chi connectivity index (χ1n) is 24.9. The highest BCUT2D eigenvalue weighted by molar-refractivity contribution is 5.77. The number of amides is 1. The molecule has 0 saturated carbocycles. The van der Waals surface area contributed by atoms with E-state index in [9.17, 15) is 19.8 Å². The Labute approximate surface area is 370 Å². The number of allylic oxidation sites excluding steroid dienone is 14. The van der Waals surface area contributed by atoms with E-state index in [1.807, 2.05) is 42.5 Å². The van der Waals surface area contributed by atoms with E-state index >= 15 is 0 Å². The summed E-state index contributed by atoms with van der Waals surface area (Å²) >= 11 is 0. The second kappa shape index (κ2) is 47.1. The van der Waals surface area contributed by atoms with Crippen LogP contribution in [0.2, 0.25) is 0 Å². The van der Waals surface area contributed by atoms with Gasteiger partial charge in [0.15, 0.2) is 0 Å². The molecule has 6 nitrogen and oxygen atoms in total. The van der Waals surface area contributed by atoms with Crippen LogP contribution in [0.1, 0.15) is 220 Å². The van der Waals surface area contributed by atoms with Crippen molar-refractivity contribution in [3.63, 3.8) is 0 Å². The van der Waals surface area contributed by atoms with Crippen LogP contribution in [0.3, 0.4) is 0 Å². The van der Waals surface area contributed by atoms with Crippen LogP contribution >= 0.6 is 0 Å². The van der Waals surface area contributed by atoms with Gasteiger partial charge >= 0.3 is 5.97 Å². The minimum absolute atomic E-state index is 0.0504. The van der Waals surface area contributed by atoms with Crippen molar-refractivity contribution >= 4 is 11.9 Å². The number of aliphatic hydroxyl groups is 2. The van der Waals surface area contributed by atoms with Crippen LogP contribution in [0.5, 0.6) is 0 Å². The molecule has 0 aliphatic heterocycles. The molecule has 0 aliphatic carbocycles. The van der Waals surface area contributed by atoms with Crippen molar-refractivity contribution in [3.05, 3.63) is 85.1 Å². The van der Waals surface area contributed by atoms with E-state index in [4.69, 9.17) is 4.74 Å². The summed E-state index contributed by atoms with van der Waals surface area (Å²) in [5.41, 5.74) is 0. The van der Waals surface area contributed by atoms with Gasteiger partial charge in [0, 0.05) is 6.42 Å². The standard InChI is InChI=1S/C54H93NO5/c1-4-7-10-13-16-19-21-23-25-26-28-29-31-34-36-39-42-45-50(48-53(58)55-51(49-56)52(57)46-43-40-37-33-18-15-12-9-6-3)60-54(59)47-44-41-38-35-32-30-27-24-22-20-17-14-11-8-5-2/h8,11,14,16-17,19-20,22-25,27,30,32,50-52,56-57H,4-7,9-10,12-13,15,18,21,26,28-29,31,33-49H2,1-3H3,(H,55,58)/b11-8+,17-14+,19-16-,22-20-,25-23-,27-24-,32-30+. The smallest absolute Gasteiger partial charge is 0.306 e. The molecule has 0 spiro atoms. The molecule has 0 aromatic carbocycles. The molecule has 0 bridgehead atoms. The number of esters is 1.